The molecule has 6 heteroatoms. The number of nitrogens with one attached hydrogen (secondary N) is 1. The van der Waals surface area contributed by atoms with Gasteiger partial charge in [0.1, 0.15) is 0 Å². The van der Waals surface area contributed by atoms with Crippen molar-refractivity contribution < 1.29 is 4.79 Å². The molecule has 0 radical (unpaired) electrons. The average molecular weight is 289 g/mol. The first-order valence-electron chi connectivity index (χ1n) is 6.31. The van der Waals surface area contributed by atoms with Crippen molar-refractivity contribution in [3.8, 4) is 0 Å². The summed E-state index contributed by atoms with van der Waals surface area (Å²) >= 11 is 6.16. The van der Waals surface area contributed by atoms with E-state index in [0.717, 1.165) is 29.0 Å². The number of benzene rings is 1. The minimum atomic E-state index is -0.312. The van der Waals surface area contributed by atoms with E-state index in [1.54, 1.807) is 0 Å². The number of nitrogens with zero attached hydrogens (tertiary/aromatic N) is 2. The Morgan fingerprint density at radius 2 is 2.15 bits per heavy atom. The van der Waals surface area contributed by atoms with Crippen LogP contribution in [0.5, 0.6) is 0 Å². The maximum Gasteiger partial charge on any atom is 0.274 e. The zero-order chi connectivity index (χ0) is 14.1. The fourth-order valence-electron chi connectivity index (χ4n) is 2.51. The molecule has 0 aliphatic heterocycles. The number of carbonyl (C=O) groups excluding carboxylic acids is 1. The summed E-state index contributed by atoms with van der Waals surface area (Å²) in [7, 11) is 0. The van der Waals surface area contributed by atoms with Crippen LogP contribution in [0.4, 0.5) is 5.82 Å². The van der Waals surface area contributed by atoms with Crippen molar-refractivity contribution in [2.75, 3.05) is 5.73 Å². The van der Waals surface area contributed by atoms with Crippen LogP contribution in [0.15, 0.2) is 30.6 Å². The molecule has 1 aromatic heterocycles. The van der Waals surface area contributed by atoms with Crippen molar-refractivity contribution in [3.05, 3.63) is 52.4 Å². The fraction of sp³-hybridized carbons (Fsp3) is 0.214. The van der Waals surface area contributed by atoms with Gasteiger partial charge < -0.3 is 11.1 Å². The van der Waals surface area contributed by atoms with E-state index in [1.807, 2.05) is 18.2 Å². The number of carbonyl (C=O) groups is 1. The molecule has 3 rings (SSSR count). The highest BCUT2D eigenvalue weighted by Crippen LogP contribution is 2.35. The summed E-state index contributed by atoms with van der Waals surface area (Å²) in [5.41, 5.74) is 7.98. The van der Waals surface area contributed by atoms with Gasteiger partial charge in [-0.05, 0) is 30.0 Å². The molecular weight excluding hydrogens is 276 g/mol. The Labute approximate surface area is 121 Å². The van der Waals surface area contributed by atoms with Crippen LogP contribution < -0.4 is 11.1 Å². The Morgan fingerprint density at radius 1 is 1.35 bits per heavy atom. The molecule has 1 heterocycles. The first-order valence-corrected chi connectivity index (χ1v) is 6.69. The molecule has 5 nitrogen and oxygen atoms in total. The first-order chi connectivity index (χ1) is 9.66. The van der Waals surface area contributed by atoms with E-state index in [2.05, 4.69) is 15.3 Å². The Bertz CT molecular complexity index is 674. The molecule has 20 heavy (non-hydrogen) atoms. The molecule has 3 N–H and O–H groups in total. The van der Waals surface area contributed by atoms with Crippen molar-refractivity contribution in [1.29, 1.82) is 0 Å². The van der Waals surface area contributed by atoms with Gasteiger partial charge in [0.25, 0.3) is 5.91 Å². The predicted octanol–water partition coefficient (Wildman–Crippen LogP) is 2.13. The molecule has 102 valence electrons. The van der Waals surface area contributed by atoms with Gasteiger partial charge in [0, 0.05) is 17.4 Å². The van der Waals surface area contributed by atoms with Crippen molar-refractivity contribution in [2.45, 2.75) is 18.9 Å². The van der Waals surface area contributed by atoms with E-state index >= 15 is 0 Å². The zero-order valence-corrected chi connectivity index (χ0v) is 11.4. The molecule has 1 amide bonds. The van der Waals surface area contributed by atoms with E-state index in [9.17, 15) is 4.79 Å². The third-order valence-electron chi connectivity index (χ3n) is 3.46. The molecular formula is C14H13ClN4O. The molecule has 1 aliphatic rings. The Kier molecular flexibility index (Phi) is 3.28. The number of hydrogen-bond acceptors (Lipinski definition) is 4. The smallest absolute Gasteiger partial charge is 0.274 e. The topological polar surface area (TPSA) is 80.9 Å². The number of hydrogen-bond donors (Lipinski definition) is 2. The number of rotatable bonds is 2. The lowest BCUT2D eigenvalue weighted by Crippen LogP contribution is -2.28. The summed E-state index contributed by atoms with van der Waals surface area (Å²) in [5, 5.41) is 3.69. The van der Waals surface area contributed by atoms with Gasteiger partial charge in [-0.25, -0.2) is 9.97 Å². The van der Waals surface area contributed by atoms with Crippen LogP contribution in [0.3, 0.4) is 0 Å². The van der Waals surface area contributed by atoms with Gasteiger partial charge in [0.15, 0.2) is 11.5 Å². The first kappa shape index (κ1) is 12.9. The monoisotopic (exact) mass is 288 g/mol. The van der Waals surface area contributed by atoms with Crippen LogP contribution in [0.2, 0.25) is 5.02 Å². The Balaban J connectivity index is 1.83. The lowest BCUT2D eigenvalue weighted by Gasteiger charge is -2.14. The predicted molar refractivity (Wildman–Crippen MR) is 76.4 cm³/mol. The van der Waals surface area contributed by atoms with Crippen molar-refractivity contribution >= 4 is 23.3 Å². The van der Waals surface area contributed by atoms with Crippen molar-refractivity contribution in [3.63, 3.8) is 0 Å². The summed E-state index contributed by atoms with van der Waals surface area (Å²) in [6, 6.07) is 5.69. The molecule has 0 spiro atoms. The second-order valence-corrected chi connectivity index (χ2v) is 5.07. The fourth-order valence-corrected chi connectivity index (χ4v) is 2.79. The number of halogens is 1. The van der Waals surface area contributed by atoms with Crippen LogP contribution in [0.1, 0.15) is 34.1 Å². The lowest BCUT2D eigenvalue weighted by atomic mass is 10.1. The normalized spacial score (nSPS) is 16.8. The van der Waals surface area contributed by atoms with E-state index in [4.69, 9.17) is 17.3 Å². The highest BCUT2D eigenvalue weighted by atomic mass is 35.5. The third-order valence-corrected chi connectivity index (χ3v) is 3.81. The summed E-state index contributed by atoms with van der Waals surface area (Å²) in [6.07, 6.45) is 4.59. The summed E-state index contributed by atoms with van der Waals surface area (Å²) in [4.78, 5) is 20.0. The van der Waals surface area contributed by atoms with Gasteiger partial charge in [-0.15, -0.1) is 0 Å². The molecule has 1 atom stereocenters. The third kappa shape index (κ3) is 2.20. The SMILES string of the molecule is Nc1nccnc1C(=O)N[C@H]1CCc2c(Cl)cccc21. The molecule has 1 aliphatic carbocycles. The number of fused-ring (bicyclic) bond motifs is 1. The van der Waals surface area contributed by atoms with E-state index in [-0.39, 0.29) is 23.5 Å². The zero-order valence-electron chi connectivity index (χ0n) is 10.6. The van der Waals surface area contributed by atoms with Crippen LogP contribution >= 0.6 is 11.6 Å². The number of amides is 1. The summed E-state index contributed by atoms with van der Waals surface area (Å²) < 4.78 is 0. The number of anilines is 1. The molecule has 1 aromatic carbocycles. The summed E-state index contributed by atoms with van der Waals surface area (Å²) in [5.74, 6) is -0.178. The summed E-state index contributed by atoms with van der Waals surface area (Å²) in [6.45, 7) is 0. The van der Waals surface area contributed by atoms with Crippen LogP contribution in [0.25, 0.3) is 0 Å². The highest BCUT2D eigenvalue weighted by Gasteiger charge is 2.26. The van der Waals surface area contributed by atoms with Gasteiger partial charge in [-0.2, -0.15) is 0 Å². The van der Waals surface area contributed by atoms with Crippen LogP contribution in [0, 0.1) is 0 Å². The molecule has 0 unspecified atom stereocenters. The minimum Gasteiger partial charge on any atom is -0.382 e. The van der Waals surface area contributed by atoms with E-state index in [0.29, 0.717) is 0 Å². The lowest BCUT2D eigenvalue weighted by molar-refractivity contribution is 0.0932. The van der Waals surface area contributed by atoms with E-state index < -0.39 is 0 Å². The molecule has 0 saturated heterocycles. The molecule has 0 fully saturated rings. The number of nitrogens with two attached hydrogens (primary N) is 1. The highest BCUT2D eigenvalue weighted by molar-refractivity contribution is 6.31. The average Bonchev–Trinajstić information content (AvgIpc) is 2.84. The number of nitrogen functional groups attached to an aromatic ring is 1. The van der Waals surface area contributed by atoms with Gasteiger partial charge >= 0.3 is 0 Å². The van der Waals surface area contributed by atoms with Gasteiger partial charge in [0.2, 0.25) is 0 Å². The van der Waals surface area contributed by atoms with Crippen molar-refractivity contribution in [2.24, 2.45) is 0 Å². The standard InChI is InChI=1S/C14H13ClN4O/c15-10-3-1-2-9-8(10)4-5-11(9)19-14(20)12-13(16)18-7-6-17-12/h1-3,6-7,11H,4-5H2,(H2,16,18)(H,19,20)/t11-/m0/s1. The Morgan fingerprint density at radius 3 is 2.95 bits per heavy atom. The van der Waals surface area contributed by atoms with Gasteiger partial charge in [-0.1, -0.05) is 23.7 Å². The van der Waals surface area contributed by atoms with Crippen LogP contribution in [-0.2, 0) is 6.42 Å². The maximum absolute atomic E-state index is 12.2. The van der Waals surface area contributed by atoms with Crippen molar-refractivity contribution in [1.82, 2.24) is 15.3 Å². The van der Waals surface area contributed by atoms with Crippen LogP contribution in [-0.4, -0.2) is 15.9 Å². The maximum atomic E-state index is 12.2. The molecule has 0 bridgehead atoms. The molecule has 0 saturated carbocycles. The molecule has 2 aromatic rings. The quantitative estimate of drug-likeness (QED) is 0.887. The van der Waals surface area contributed by atoms with E-state index in [1.165, 1.54) is 12.4 Å². The second-order valence-electron chi connectivity index (χ2n) is 4.66. The Hall–Kier alpha value is -2.14. The largest absolute Gasteiger partial charge is 0.382 e. The minimum absolute atomic E-state index is 0.0578. The number of aromatic nitrogens is 2. The van der Waals surface area contributed by atoms with Gasteiger partial charge in [0.05, 0.1) is 6.04 Å². The van der Waals surface area contributed by atoms with Gasteiger partial charge in [-0.3, -0.25) is 4.79 Å². The second kappa shape index (κ2) is 5.09.